The van der Waals surface area contributed by atoms with Gasteiger partial charge in [0, 0.05) is 18.6 Å². The van der Waals surface area contributed by atoms with Crippen LogP contribution in [0.2, 0.25) is 0 Å². The Hall–Kier alpha value is -2.62. The third-order valence-corrected chi connectivity index (χ3v) is 3.34. The lowest BCUT2D eigenvalue weighted by molar-refractivity contribution is 0.0656. The predicted molar refractivity (Wildman–Crippen MR) is 85.0 cm³/mol. The number of unbranched alkanes of at least 4 members (excludes halogenated alkanes) is 1. The molecule has 0 aliphatic rings. The van der Waals surface area contributed by atoms with E-state index < -0.39 is 5.97 Å². The average Bonchev–Trinajstić information content (AvgIpc) is 2.51. The van der Waals surface area contributed by atoms with Crippen molar-refractivity contribution in [1.29, 1.82) is 0 Å². The number of hydrogen-bond acceptors (Lipinski definition) is 3. The van der Waals surface area contributed by atoms with Gasteiger partial charge in [0.15, 0.2) is 5.43 Å². The highest BCUT2D eigenvalue weighted by atomic mass is 16.4. The maximum atomic E-state index is 11.4. The normalized spacial score (nSPS) is 11.4. The van der Waals surface area contributed by atoms with Crippen molar-refractivity contribution in [3.63, 3.8) is 0 Å². The number of carboxylic acid groups (broad SMARTS) is 1. The van der Waals surface area contributed by atoms with Gasteiger partial charge < -0.3 is 9.52 Å². The first-order valence-corrected chi connectivity index (χ1v) is 7.16. The maximum Gasteiger partial charge on any atom is 0.371 e. The molecule has 4 nitrogen and oxygen atoms in total. The van der Waals surface area contributed by atoms with E-state index in [1.54, 1.807) is 0 Å². The lowest BCUT2D eigenvalue weighted by Gasteiger charge is -2.03. The molecule has 22 heavy (non-hydrogen) atoms. The van der Waals surface area contributed by atoms with Crippen LogP contribution in [0, 0.1) is 0 Å². The molecule has 0 unspecified atom stereocenters. The van der Waals surface area contributed by atoms with Gasteiger partial charge in [-0.3, -0.25) is 4.79 Å². The molecule has 2 rings (SSSR count). The van der Waals surface area contributed by atoms with Crippen molar-refractivity contribution in [1.82, 2.24) is 0 Å². The van der Waals surface area contributed by atoms with Gasteiger partial charge in [0.1, 0.15) is 5.76 Å². The highest BCUT2D eigenvalue weighted by molar-refractivity contribution is 5.84. The number of benzene rings is 1. The van der Waals surface area contributed by atoms with Crippen molar-refractivity contribution in [3.05, 3.63) is 75.8 Å². The number of rotatable bonds is 6. The van der Waals surface area contributed by atoms with Crippen molar-refractivity contribution in [2.45, 2.75) is 26.2 Å². The smallest absolute Gasteiger partial charge is 0.371 e. The molecule has 0 spiro atoms. The fourth-order valence-electron chi connectivity index (χ4n) is 2.17. The minimum Gasteiger partial charge on any atom is -0.475 e. The summed E-state index contributed by atoms with van der Waals surface area (Å²) in [6.07, 6.45) is 4.29. The van der Waals surface area contributed by atoms with Gasteiger partial charge in [0.2, 0.25) is 5.76 Å². The summed E-state index contributed by atoms with van der Waals surface area (Å²) in [6.45, 7) is 2.06. The van der Waals surface area contributed by atoms with Crippen molar-refractivity contribution >= 4 is 11.5 Å². The Morgan fingerprint density at radius 2 is 1.95 bits per heavy atom. The van der Waals surface area contributed by atoms with E-state index in [9.17, 15) is 9.59 Å². The molecule has 1 aromatic heterocycles. The third kappa shape index (κ3) is 4.45. The van der Waals surface area contributed by atoms with Gasteiger partial charge in [-0.25, -0.2) is 4.79 Å². The first-order chi connectivity index (χ1) is 10.6. The number of aryl methyl sites for hydroxylation is 1. The van der Waals surface area contributed by atoms with Crippen LogP contribution in [-0.2, 0) is 6.42 Å². The van der Waals surface area contributed by atoms with E-state index in [0.717, 1.165) is 18.9 Å². The van der Waals surface area contributed by atoms with Gasteiger partial charge >= 0.3 is 5.97 Å². The molecular formula is C18H18O4. The SMILES string of the molecule is CC(=CCCCc1cc(=O)cc(C(=O)O)o1)c1ccccc1. The predicted octanol–water partition coefficient (Wildman–Crippen LogP) is 3.76. The number of carboxylic acids is 1. The Labute approximate surface area is 128 Å². The van der Waals surface area contributed by atoms with Crippen molar-refractivity contribution in [2.75, 3.05) is 0 Å². The second kappa shape index (κ2) is 7.41. The zero-order valence-electron chi connectivity index (χ0n) is 12.4. The van der Waals surface area contributed by atoms with Gasteiger partial charge in [0.05, 0.1) is 0 Å². The van der Waals surface area contributed by atoms with Gasteiger partial charge in [0.25, 0.3) is 0 Å². The summed E-state index contributed by atoms with van der Waals surface area (Å²) in [5.41, 5.74) is 2.04. The second-order valence-corrected chi connectivity index (χ2v) is 5.07. The van der Waals surface area contributed by atoms with Crippen LogP contribution in [0.3, 0.4) is 0 Å². The summed E-state index contributed by atoms with van der Waals surface area (Å²) in [7, 11) is 0. The van der Waals surface area contributed by atoms with Gasteiger partial charge in [-0.05, 0) is 30.9 Å². The Kier molecular flexibility index (Phi) is 5.31. The molecule has 0 radical (unpaired) electrons. The van der Waals surface area contributed by atoms with E-state index in [4.69, 9.17) is 9.52 Å². The highest BCUT2D eigenvalue weighted by Gasteiger charge is 2.08. The average molecular weight is 298 g/mol. The minimum atomic E-state index is -1.22. The highest BCUT2D eigenvalue weighted by Crippen LogP contribution is 2.15. The van der Waals surface area contributed by atoms with Crippen LogP contribution >= 0.6 is 0 Å². The zero-order chi connectivity index (χ0) is 15.9. The molecule has 0 amide bonds. The van der Waals surface area contributed by atoms with Crippen LogP contribution in [0.4, 0.5) is 0 Å². The number of hydrogen-bond donors (Lipinski definition) is 1. The lowest BCUT2D eigenvalue weighted by Crippen LogP contribution is -2.07. The Morgan fingerprint density at radius 3 is 2.64 bits per heavy atom. The molecule has 4 heteroatoms. The van der Waals surface area contributed by atoms with Crippen LogP contribution in [0.1, 0.15) is 41.6 Å². The van der Waals surface area contributed by atoms with E-state index in [-0.39, 0.29) is 11.2 Å². The van der Waals surface area contributed by atoms with E-state index in [0.29, 0.717) is 12.2 Å². The maximum absolute atomic E-state index is 11.4. The van der Waals surface area contributed by atoms with E-state index in [2.05, 4.69) is 25.1 Å². The summed E-state index contributed by atoms with van der Waals surface area (Å²) in [6, 6.07) is 12.4. The molecular weight excluding hydrogens is 280 g/mol. The molecule has 114 valence electrons. The molecule has 0 saturated heterocycles. The van der Waals surface area contributed by atoms with E-state index in [1.807, 2.05) is 18.2 Å². The van der Waals surface area contributed by atoms with Gasteiger partial charge in [-0.2, -0.15) is 0 Å². The first kappa shape index (κ1) is 15.8. The lowest BCUT2D eigenvalue weighted by atomic mass is 10.1. The van der Waals surface area contributed by atoms with Crippen molar-refractivity contribution < 1.29 is 14.3 Å². The monoisotopic (exact) mass is 298 g/mol. The quantitative estimate of drug-likeness (QED) is 0.824. The van der Waals surface area contributed by atoms with Crippen molar-refractivity contribution in [3.8, 4) is 0 Å². The van der Waals surface area contributed by atoms with Crippen LogP contribution in [0.5, 0.6) is 0 Å². The molecule has 1 aromatic carbocycles. The largest absolute Gasteiger partial charge is 0.475 e. The molecule has 0 fully saturated rings. The standard InChI is InChI=1S/C18H18O4/c1-13(14-8-3-2-4-9-14)7-5-6-10-16-11-15(19)12-17(22-16)18(20)21/h2-4,7-9,11-12H,5-6,10H2,1H3,(H,20,21). The van der Waals surface area contributed by atoms with Gasteiger partial charge in [-0.1, -0.05) is 36.4 Å². The van der Waals surface area contributed by atoms with Crippen molar-refractivity contribution in [2.24, 2.45) is 0 Å². The fraction of sp³-hybridized carbons (Fsp3) is 0.222. The minimum absolute atomic E-state index is 0.307. The molecule has 0 atom stereocenters. The molecule has 2 aromatic rings. The van der Waals surface area contributed by atoms with E-state index in [1.165, 1.54) is 17.2 Å². The van der Waals surface area contributed by atoms with Gasteiger partial charge in [-0.15, -0.1) is 0 Å². The molecule has 1 N–H and O–H groups in total. The number of aromatic carboxylic acids is 1. The zero-order valence-corrected chi connectivity index (χ0v) is 12.4. The van der Waals surface area contributed by atoms with Crippen LogP contribution in [-0.4, -0.2) is 11.1 Å². The molecule has 0 bridgehead atoms. The third-order valence-electron chi connectivity index (χ3n) is 3.34. The topological polar surface area (TPSA) is 67.5 Å². The van der Waals surface area contributed by atoms with Crippen LogP contribution in [0.15, 0.2) is 57.8 Å². The summed E-state index contributed by atoms with van der Waals surface area (Å²) in [5, 5.41) is 8.86. The molecule has 1 heterocycles. The number of carbonyl (C=O) groups is 1. The second-order valence-electron chi connectivity index (χ2n) is 5.07. The summed E-state index contributed by atoms with van der Waals surface area (Å²) in [5.74, 6) is -1.12. The summed E-state index contributed by atoms with van der Waals surface area (Å²) in [4.78, 5) is 22.2. The Morgan fingerprint density at radius 1 is 1.23 bits per heavy atom. The molecule has 0 saturated carbocycles. The van der Waals surface area contributed by atoms with Crippen LogP contribution in [0.25, 0.3) is 5.57 Å². The Balaban J connectivity index is 1.94. The molecule has 0 aliphatic heterocycles. The first-order valence-electron chi connectivity index (χ1n) is 7.16. The Bertz CT molecular complexity index is 726. The van der Waals surface area contributed by atoms with Crippen LogP contribution < -0.4 is 5.43 Å². The van der Waals surface area contributed by atoms with E-state index >= 15 is 0 Å². The fourth-order valence-corrected chi connectivity index (χ4v) is 2.17. The summed E-state index contributed by atoms with van der Waals surface area (Å²) < 4.78 is 5.19. The summed E-state index contributed by atoms with van der Waals surface area (Å²) >= 11 is 0. The molecule has 0 aliphatic carbocycles. The number of allylic oxidation sites excluding steroid dienone is 2.